The van der Waals surface area contributed by atoms with Crippen LogP contribution < -0.4 is 5.73 Å². The van der Waals surface area contributed by atoms with E-state index >= 15 is 0 Å². The fraction of sp³-hybridized carbons (Fsp3) is 1.00. The van der Waals surface area contributed by atoms with Crippen LogP contribution in [0.2, 0.25) is 0 Å². The molecule has 4 N–H and O–H groups in total. The van der Waals surface area contributed by atoms with E-state index in [1.807, 2.05) is 0 Å². The monoisotopic (exact) mass is 185 g/mol. The molecule has 2 rings (SSSR count). The lowest BCUT2D eigenvalue weighted by molar-refractivity contribution is 0.0350. The Morgan fingerprint density at radius 2 is 2.08 bits per heavy atom. The highest BCUT2D eigenvalue weighted by molar-refractivity contribution is 4.95. The molecule has 2 aliphatic rings. The van der Waals surface area contributed by atoms with Crippen molar-refractivity contribution in [3.8, 4) is 0 Å². The molecule has 0 aromatic carbocycles. The summed E-state index contributed by atoms with van der Waals surface area (Å²) in [6, 6.07) is -0.440. The first-order chi connectivity index (χ1) is 6.22. The highest BCUT2D eigenvalue weighted by atomic mass is 16.3. The van der Waals surface area contributed by atoms with Crippen LogP contribution in [0.25, 0.3) is 0 Å². The molecule has 0 saturated heterocycles. The van der Waals surface area contributed by atoms with E-state index in [4.69, 9.17) is 10.8 Å². The van der Waals surface area contributed by atoms with Crippen molar-refractivity contribution < 1.29 is 10.2 Å². The summed E-state index contributed by atoms with van der Waals surface area (Å²) in [6.45, 7) is -0.102. The Bertz CT molecular complexity index is 186. The first kappa shape index (κ1) is 9.44. The van der Waals surface area contributed by atoms with Gasteiger partial charge in [-0.25, -0.2) is 0 Å². The van der Waals surface area contributed by atoms with Crippen LogP contribution in [-0.2, 0) is 0 Å². The third-order valence-corrected chi connectivity index (χ3v) is 3.88. The van der Waals surface area contributed by atoms with E-state index in [0.29, 0.717) is 11.8 Å². The maximum atomic E-state index is 9.85. The molecule has 2 aliphatic carbocycles. The summed E-state index contributed by atoms with van der Waals surface area (Å²) in [7, 11) is 0. The molecule has 3 nitrogen and oxygen atoms in total. The molecule has 0 aromatic heterocycles. The zero-order chi connectivity index (χ0) is 9.42. The van der Waals surface area contributed by atoms with Crippen LogP contribution in [0.5, 0.6) is 0 Å². The molecule has 13 heavy (non-hydrogen) atoms. The predicted octanol–water partition coefficient (Wildman–Crippen LogP) is 0.103. The van der Waals surface area contributed by atoms with E-state index in [9.17, 15) is 5.11 Å². The molecule has 3 heteroatoms. The van der Waals surface area contributed by atoms with Crippen molar-refractivity contribution in [1.29, 1.82) is 0 Å². The lowest BCUT2D eigenvalue weighted by Crippen LogP contribution is -2.44. The summed E-state index contributed by atoms with van der Waals surface area (Å²) in [5.74, 6) is 1.87. The summed E-state index contributed by atoms with van der Waals surface area (Å²) in [5, 5.41) is 18.7. The van der Waals surface area contributed by atoms with Crippen LogP contribution in [0, 0.1) is 17.8 Å². The van der Waals surface area contributed by atoms with Crippen LogP contribution >= 0.6 is 0 Å². The SMILES string of the molecule is N[C@H](CO)[C@H](O)[C@@H]1C[C@H]2CC[C@H]1C2. The molecular formula is C10H19NO2. The lowest BCUT2D eigenvalue weighted by Gasteiger charge is -2.29. The predicted molar refractivity (Wildman–Crippen MR) is 50.0 cm³/mol. The summed E-state index contributed by atoms with van der Waals surface area (Å²) in [4.78, 5) is 0. The Morgan fingerprint density at radius 3 is 2.54 bits per heavy atom. The molecule has 0 radical (unpaired) electrons. The fourth-order valence-corrected chi connectivity index (χ4v) is 3.14. The van der Waals surface area contributed by atoms with E-state index in [-0.39, 0.29) is 6.61 Å². The number of rotatable bonds is 3. The van der Waals surface area contributed by atoms with Gasteiger partial charge < -0.3 is 15.9 Å². The molecule has 0 amide bonds. The first-order valence-electron chi connectivity index (χ1n) is 5.27. The largest absolute Gasteiger partial charge is 0.395 e. The minimum absolute atomic E-state index is 0.102. The van der Waals surface area contributed by atoms with Gasteiger partial charge in [0.2, 0.25) is 0 Å². The third-order valence-electron chi connectivity index (χ3n) is 3.88. The lowest BCUT2D eigenvalue weighted by atomic mass is 9.82. The molecule has 0 unspecified atom stereocenters. The minimum atomic E-state index is -0.486. The molecule has 2 fully saturated rings. The standard InChI is InChI=1S/C10H19NO2/c11-9(5-12)10(13)8-4-6-1-2-7(8)3-6/h6-10,12-13H,1-5,11H2/t6-,7-,8+,9+,10+/m0/s1. The minimum Gasteiger partial charge on any atom is -0.395 e. The number of fused-ring (bicyclic) bond motifs is 2. The number of aliphatic hydroxyl groups is 2. The Labute approximate surface area is 78.9 Å². The van der Waals surface area contributed by atoms with Crippen molar-refractivity contribution in [3.05, 3.63) is 0 Å². The van der Waals surface area contributed by atoms with Crippen LogP contribution in [0.4, 0.5) is 0 Å². The van der Waals surface area contributed by atoms with E-state index in [2.05, 4.69) is 0 Å². The van der Waals surface area contributed by atoms with Gasteiger partial charge in [-0.15, -0.1) is 0 Å². The Hall–Kier alpha value is -0.120. The smallest absolute Gasteiger partial charge is 0.0744 e. The second kappa shape index (κ2) is 3.56. The van der Waals surface area contributed by atoms with Gasteiger partial charge >= 0.3 is 0 Å². The summed E-state index contributed by atoms with van der Waals surface area (Å²) in [5.41, 5.74) is 5.63. The second-order valence-corrected chi connectivity index (χ2v) is 4.68. The Morgan fingerprint density at radius 1 is 1.31 bits per heavy atom. The number of hydrogen-bond acceptors (Lipinski definition) is 3. The molecular weight excluding hydrogens is 166 g/mol. The van der Waals surface area contributed by atoms with Crippen molar-refractivity contribution in [2.24, 2.45) is 23.5 Å². The maximum Gasteiger partial charge on any atom is 0.0744 e. The van der Waals surface area contributed by atoms with Crippen molar-refractivity contribution in [2.75, 3.05) is 6.61 Å². The normalized spacial score (nSPS) is 42.2. The van der Waals surface area contributed by atoms with Gasteiger partial charge in [-0.05, 0) is 37.0 Å². The topological polar surface area (TPSA) is 66.5 Å². The van der Waals surface area contributed by atoms with E-state index < -0.39 is 12.1 Å². The van der Waals surface area contributed by atoms with Crippen LogP contribution in [0.15, 0.2) is 0 Å². The van der Waals surface area contributed by atoms with Crippen molar-refractivity contribution in [2.45, 2.75) is 37.8 Å². The van der Waals surface area contributed by atoms with Gasteiger partial charge in [0.1, 0.15) is 0 Å². The van der Waals surface area contributed by atoms with Crippen molar-refractivity contribution in [1.82, 2.24) is 0 Å². The van der Waals surface area contributed by atoms with E-state index in [0.717, 1.165) is 12.3 Å². The fourth-order valence-electron chi connectivity index (χ4n) is 3.14. The Balaban J connectivity index is 1.94. The van der Waals surface area contributed by atoms with Crippen LogP contribution in [0.1, 0.15) is 25.7 Å². The summed E-state index contributed by atoms with van der Waals surface area (Å²) >= 11 is 0. The Kier molecular flexibility index (Phi) is 2.58. The molecule has 0 spiro atoms. The zero-order valence-corrected chi connectivity index (χ0v) is 7.89. The summed E-state index contributed by atoms with van der Waals surface area (Å²) < 4.78 is 0. The second-order valence-electron chi connectivity index (χ2n) is 4.68. The number of nitrogens with two attached hydrogens (primary N) is 1. The van der Waals surface area contributed by atoms with Gasteiger partial charge in [-0.1, -0.05) is 6.42 Å². The molecule has 0 heterocycles. The van der Waals surface area contributed by atoms with Crippen molar-refractivity contribution >= 4 is 0 Å². The van der Waals surface area contributed by atoms with Crippen molar-refractivity contribution in [3.63, 3.8) is 0 Å². The molecule has 2 bridgehead atoms. The van der Waals surface area contributed by atoms with Gasteiger partial charge in [0.15, 0.2) is 0 Å². The van der Waals surface area contributed by atoms with Gasteiger partial charge in [-0.3, -0.25) is 0 Å². The van der Waals surface area contributed by atoms with Gasteiger partial charge in [0, 0.05) is 0 Å². The van der Waals surface area contributed by atoms with Crippen LogP contribution in [0.3, 0.4) is 0 Å². The van der Waals surface area contributed by atoms with Gasteiger partial charge in [-0.2, -0.15) is 0 Å². The molecule has 2 saturated carbocycles. The highest BCUT2D eigenvalue weighted by Crippen LogP contribution is 2.49. The van der Waals surface area contributed by atoms with E-state index in [1.165, 1.54) is 19.3 Å². The third kappa shape index (κ3) is 1.60. The first-order valence-corrected chi connectivity index (χ1v) is 5.27. The van der Waals surface area contributed by atoms with E-state index in [1.54, 1.807) is 0 Å². The average Bonchev–Trinajstić information content (AvgIpc) is 2.76. The highest BCUT2D eigenvalue weighted by Gasteiger charge is 2.43. The molecule has 0 aromatic rings. The molecule has 0 aliphatic heterocycles. The molecule has 76 valence electrons. The van der Waals surface area contributed by atoms with Crippen LogP contribution in [-0.4, -0.2) is 29.0 Å². The van der Waals surface area contributed by atoms with Gasteiger partial charge in [0.05, 0.1) is 18.8 Å². The zero-order valence-electron chi connectivity index (χ0n) is 7.89. The average molecular weight is 185 g/mol. The van der Waals surface area contributed by atoms with Gasteiger partial charge in [0.25, 0.3) is 0 Å². The number of aliphatic hydroxyl groups excluding tert-OH is 2. The maximum absolute atomic E-state index is 9.85. The molecule has 5 atom stereocenters. The summed E-state index contributed by atoms with van der Waals surface area (Å²) in [6.07, 6.45) is 4.51. The number of hydrogen-bond donors (Lipinski definition) is 3. The quantitative estimate of drug-likeness (QED) is 0.584.